The number of aromatic nitrogens is 2. The molecule has 0 unspecified atom stereocenters. The molecule has 2 N–H and O–H groups in total. The van der Waals surface area contributed by atoms with Crippen molar-refractivity contribution < 1.29 is 14.7 Å². The van der Waals surface area contributed by atoms with Crippen molar-refractivity contribution in [3.05, 3.63) is 52.3 Å². The van der Waals surface area contributed by atoms with Gasteiger partial charge < -0.3 is 10.0 Å². The standard InChI is InChI=1S/C20H25N3O3/c1-13-14(2)21-22-18(13)8-9-19(24)23-10-4-7-17(12-23)15-5-3-6-16(11-15)20(25)26/h3,5-6,11,17H,4,7-10,12H2,1-2H3,(H,21,22)(H,25,26)/t17-/m1/s1. The normalized spacial score (nSPS) is 17.3. The number of rotatable bonds is 5. The largest absolute Gasteiger partial charge is 0.478 e. The topological polar surface area (TPSA) is 86.3 Å². The molecular formula is C20H25N3O3. The third-order valence-corrected chi connectivity index (χ3v) is 5.31. The molecule has 26 heavy (non-hydrogen) atoms. The third kappa shape index (κ3) is 3.95. The molecule has 0 aliphatic carbocycles. The zero-order valence-electron chi connectivity index (χ0n) is 15.3. The van der Waals surface area contributed by atoms with Gasteiger partial charge in [-0.25, -0.2) is 4.79 Å². The quantitative estimate of drug-likeness (QED) is 0.863. The molecule has 1 saturated heterocycles. The van der Waals surface area contributed by atoms with E-state index in [0.29, 0.717) is 24.9 Å². The smallest absolute Gasteiger partial charge is 0.335 e. The van der Waals surface area contributed by atoms with Gasteiger partial charge in [0.25, 0.3) is 0 Å². The molecular weight excluding hydrogens is 330 g/mol. The number of nitrogens with zero attached hydrogens (tertiary/aromatic N) is 2. The van der Waals surface area contributed by atoms with Crippen molar-refractivity contribution in [1.29, 1.82) is 0 Å². The number of amides is 1. The number of H-pyrrole nitrogens is 1. The minimum Gasteiger partial charge on any atom is -0.478 e. The lowest BCUT2D eigenvalue weighted by atomic mass is 9.89. The molecule has 0 bridgehead atoms. The van der Waals surface area contributed by atoms with Crippen LogP contribution in [0.5, 0.6) is 0 Å². The number of carboxylic acid groups (broad SMARTS) is 1. The van der Waals surface area contributed by atoms with E-state index in [9.17, 15) is 14.7 Å². The van der Waals surface area contributed by atoms with Gasteiger partial charge in [-0.3, -0.25) is 9.89 Å². The van der Waals surface area contributed by atoms with Gasteiger partial charge in [-0.1, -0.05) is 12.1 Å². The number of likely N-dealkylation sites (tertiary alicyclic amines) is 1. The van der Waals surface area contributed by atoms with Crippen molar-refractivity contribution in [3.63, 3.8) is 0 Å². The first kappa shape index (κ1) is 18.2. The number of nitrogens with one attached hydrogen (secondary N) is 1. The lowest BCUT2D eigenvalue weighted by molar-refractivity contribution is -0.132. The molecule has 1 amide bonds. The molecule has 1 atom stereocenters. The number of aryl methyl sites for hydroxylation is 2. The zero-order chi connectivity index (χ0) is 18.7. The van der Waals surface area contributed by atoms with Crippen LogP contribution in [0.2, 0.25) is 0 Å². The number of benzene rings is 1. The van der Waals surface area contributed by atoms with Crippen LogP contribution >= 0.6 is 0 Å². The predicted octanol–water partition coefficient (Wildman–Crippen LogP) is 3.06. The first-order valence-corrected chi connectivity index (χ1v) is 9.07. The van der Waals surface area contributed by atoms with Crippen LogP contribution in [-0.4, -0.2) is 45.2 Å². The second-order valence-corrected chi connectivity index (χ2v) is 7.03. The Labute approximate surface area is 153 Å². The fourth-order valence-electron chi connectivity index (χ4n) is 3.56. The summed E-state index contributed by atoms with van der Waals surface area (Å²) in [6, 6.07) is 7.08. The first-order valence-electron chi connectivity index (χ1n) is 9.07. The summed E-state index contributed by atoms with van der Waals surface area (Å²) in [6.07, 6.45) is 3.01. The highest BCUT2D eigenvalue weighted by Crippen LogP contribution is 2.28. The highest BCUT2D eigenvalue weighted by Gasteiger charge is 2.25. The maximum Gasteiger partial charge on any atom is 0.335 e. The van der Waals surface area contributed by atoms with Gasteiger partial charge in [0.05, 0.1) is 11.3 Å². The van der Waals surface area contributed by atoms with Crippen LogP contribution in [0.25, 0.3) is 0 Å². The Morgan fingerprint density at radius 2 is 2.15 bits per heavy atom. The average Bonchev–Trinajstić information content (AvgIpc) is 2.98. The van der Waals surface area contributed by atoms with Crippen LogP contribution < -0.4 is 0 Å². The van der Waals surface area contributed by atoms with Gasteiger partial charge in [0.15, 0.2) is 0 Å². The number of carboxylic acids is 1. The van der Waals surface area contributed by atoms with E-state index < -0.39 is 5.97 Å². The fourth-order valence-corrected chi connectivity index (χ4v) is 3.56. The molecule has 1 aromatic carbocycles. The van der Waals surface area contributed by atoms with Crippen LogP contribution in [-0.2, 0) is 11.2 Å². The second-order valence-electron chi connectivity index (χ2n) is 7.03. The van der Waals surface area contributed by atoms with Crippen molar-refractivity contribution >= 4 is 11.9 Å². The summed E-state index contributed by atoms with van der Waals surface area (Å²) >= 11 is 0. The molecule has 1 aliphatic heterocycles. The van der Waals surface area contributed by atoms with Gasteiger partial charge in [-0.05, 0) is 49.9 Å². The molecule has 138 valence electrons. The maximum absolute atomic E-state index is 12.6. The van der Waals surface area contributed by atoms with E-state index in [0.717, 1.165) is 41.9 Å². The molecule has 2 aromatic rings. The van der Waals surface area contributed by atoms with E-state index in [2.05, 4.69) is 10.2 Å². The molecule has 1 fully saturated rings. The number of carbonyl (C=O) groups is 2. The minimum absolute atomic E-state index is 0.143. The lowest BCUT2D eigenvalue weighted by Crippen LogP contribution is -2.39. The van der Waals surface area contributed by atoms with Crippen LogP contribution in [0.1, 0.15) is 58.1 Å². The Morgan fingerprint density at radius 1 is 1.35 bits per heavy atom. The Kier molecular flexibility index (Phi) is 5.40. The molecule has 0 saturated carbocycles. The third-order valence-electron chi connectivity index (χ3n) is 5.31. The first-order chi connectivity index (χ1) is 12.5. The van der Waals surface area contributed by atoms with Gasteiger partial charge in [-0.2, -0.15) is 5.10 Å². The van der Waals surface area contributed by atoms with Crippen molar-refractivity contribution in [2.45, 2.75) is 45.4 Å². The summed E-state index contributed by atoms with van der Waals surface area (Å²) in [4.78, 5) is 25.7. The summed E-state index contributed by atoms with van der Waals surface area (Å²) in [5.41, 5.74) is 4.43. The van der Waals surface area contributed by atoms with E-state index in [1.165, 1.54) is 0 Å². The van der Waals surface area contributed by atoms with Crippen molar-refractivity contribution in [2.24, 2.45) is 0 Å². The molecule has 6 heteroatoms. The number of aromatic amines is 1. The summed E-state index contributed by atoms with van der Waals surface area (Å²) in [6.45, 7) is 5.42. The Balaban J connectivity index is 1.62. The monoisotopic (exact) mass is 355 g/mol. The van der Waals surface area contributed by atoms with Crippen molar-refractivity contribution in [1.82, 2.24) is 15.1 Å². The highest BCUT2D eigenvalue weighted by molar-refractivity contribution is 5.87. The SMILES string of the molecule is Cc1[nH]nc(CCC(=O)N2CCC[C@@H](c3cccc(C(=O)O)c3)C2)c1C. The highest BCUT2D eigenvalue weighted by atomic mass is 16.4. The molecule has 6 nitrogen and oxygen atoms in total. The summed E-state index contributed by atoms with van der Waals surface area (Å²) < 4.78 is 0. The van der Waals surface area contributed by atoms with Crippen LogP contribution in [0.15, 0.2) is 24.3 Å². The number of piperidine rings is 1. The van der Waals surface area contributed by atoms with Crippen LogP contribution in [0.4, 0.5) is 0 Å². The van der Waals surface area contributed by atoms with E-state index in [-0.39, 0.29) is 11.8 Å². The van der Waals surface area contributed by atoms with Gasteiger partial charge in [0.1, 0.15) is 0 Å². The van der Waals surface area contributed by atoms with Gasteiger partial charge in [0, 0.05) is 37.5 Å². The van der Waals surface area contributed by atoms with E-state index in [4.69, 9.17) is 0 Å². The Morgan fingerprint density at radius 3 is 2.85 bits per heavy atom. The molecule has 2 heterocycles. The lowest BCUT2D eigenvalue weighted by Gasteiger charge is -2.33. The van der Waals surface area contributed by atoms with Gasteiger partial charge in [0.2, 0.25) is 5.91 Å². The molecule has 1 aromatic heterocycles. The number of hydrogen-bond acceptors (Lipinski definition) is 3. The predicted molar refractivity (Wildman–Crippen MR) is 98.3 cm³/mol. The molecule has 3 rings (SSSR count). The minimum atomic E-state index is -0.916. The summed E-state index contributed by atoms with van der Waals surface area (Å²) in [5, 5.41) is 16.4. The summed E-state index contributed by atoms with van der Waals surface area (Å²) in [7, 11) is 0. The molecule has 0 spiro atoms. The summed E-state index contributed by atoms with van der Waals surface area (Å²) in [5.74, 6) is -0.578. The van der Waals surface area contributed by atoms with E-state index in [1.54, 1.807) is 18.2 Å². The molecule has 0 radical (unpaired) electrons. The van der Waals surface area contributed by atoms with Gasteiger partial charge >= 0.3 is 5.97 Å². The average molecular weight is 355 g/mol. The maximum atomic E-state index is 12.6. The number of aromatic carboxylic acids is 1. The number of carbonyl (C=O) groups excluding carboxylic acids is 1. The van der Waals surface area contributed by atoms with E-state index in [1.807, 2.05) is 24.8 Å². The Hall–Kier alpha value is -2.63. The molecule has 1 aliphatic rings. The van der Waals surface area contributed by atoms with Crippen molar-refractivity contribution in [3.8, 4) is 0 Å². The van der Waals surface area contributed by atoms with Crippen molar-refractivity contribution in [2.75, 3.05) is 13.1 Å². The van der Waals surface area contributed by atoms with Gasteiger partial charge in [-0.15, -0.1) is 0 Å². The second kappa shape index (κ2) is 7.72. The number of hydrogen-bond donors (Lipinski definition) is 2. The van der Waals surface area contributed by atoms with Crippen LogP contribution in [0.3, 0.4) is 0 Å². The fraction of sp³-hybridized carbons (Fsp3) is 0.450. The zero-order valence-corrected chi connectivity index (χ0v) is 15.3. The van der Waals surface area contributed by atoms with E-state index >= 15 is 0 Å². The van der Waals surface area contributed by atoms with Crippen LogP contribution in [0, 0.1) is 13.8 Å². The Bertz CT molecular complexity index is 812.